The lowest BCUT2D eigenvalue weighted by Crippen LogP contribution is -2.21. The first-order valence-electron chi connectivity index (χ1n) is 6.52. The number of nitrogens with zero attached hydrogens (tertiary/aromatic N) is 3. The standard InChI is InChI=1S/C15H6F3N3O2/c16-15(17,18)8-4-1-5-9-10(8)11(22)13-20-12-7(3-2-6-19-12)14(23)21(9)13/h1-6H. The molecule has 0 unspecified atom stereocenters. The van der Waals surface area contributed by atoms with E-state index in [2.05, 4.69) is 9.97 Å². The number of alkyl halides is 3. The van der Waals surface area contributed by atoms with Crippen molar-refractivity contribution in [1.82, 2.24) is 14.5 Å². The van der Waals surface area contributed by atoms with E-state index >= 15 is 0 Å². The van der Waals surface area contributed by atoms with Gasteiger partial charge in [-0.3, -0.25) is 14.2 Å². The molecule has 1 aliphatic heterocycles. The molecule has 0 aliphatic carbocycles. The Labute approximate surface area is 126 Å². The normalized spacial score (nSPS) is 13.3. The zero-order chi connectivity index (χ0) is 16.4. The van der Waals surface area contributed by atoms with Crippen molar-refractivity contribution in [2.45, 2.75) is 6.18 Å². The molecule has 0 atom stereocenters. The monoisotopic (exact) mass is 317 g/mol. The van der Waals surface area contributed by atoms with Crippen molar-refractivity contribution in [3.8, 4) is 5.69 Å². The second kappa shape index (κ2) is 4.25. The van der Waals surface area contributed by atoms with Gasteiger partial charge in [0, 0.05) is 6.20 Å². The molecule has 3 heterocycles. The van der Waals surface area contributed by atoms with Crippen LogP contribution in [-0.4, -0.2) is 20.3 Å². The van der Waals surface area contributed by atoms with E-state index in [-0.39, 0.29) is 22.5 Å². The highest BCUT2D eigenvalue weighted by Crippen LogP contribution is 2.38. The van der Waals surface area contributed by atoms with Crippen LogP contribution in [0, 0.1) is 0 Å². The third kappa shape index (κ3) is 1.74. The van der Waals surface area contributed by atoms with E-state index in [4.69, 9.17) is 0 Å². The van der Waals surface area contributed by atoms with Gasteiger partial charge in [0.1, 0.15) is 0 Å². The quantitative estimate of drug-likeness (QED) is 0.499. The van der Waals surface area contributed by atoms with Crippen molar-refractivity contribution in [3.63, 3.8) is 0 Å². The third-order valence-electron chi connectivity index (χ3n) is 3.66. The van der Waals surface area contributed by atoms with Gasteiger partial charge < -0.3 is 0 Å². The van der Waals surface area contributed by atoms with Gasteiger partial charge >= 0.3 is 6.18 Å². The molecule has 8 heteroatoms. The highest BCUT2D eigenvalue weighted by molar-refractivity contribution is 6.14. The summed E-state index contributed by atoms with van der Waals surface area (Å²) in [6, 6.07) is 6.24. The summed E-state index contributed by atoms with van der Waals surface area (Å²) in [5.74, 6) is -1.29. The van der Waals surface area contributed by atoms with Gasteiger partial charge in [0.25, 0.3) is 5.56 Å². The summed E-state index contributed by atoms with van der Waals surface area (Å²) in [7, 11) is 0. The van der Waals surface area contributed by atoms with Gasteiger partial charge in [0.2, 0.25) is 5.78 Å². The van der Waals surface area contributed by atoms with Gasteiger partial charge in [-0.05, 0) is 24.3 Å². The van der Waals surface area contributed by atoms with Crippen LogP contribution in [0.2, 0.25) is 0 Å². The van der Waals surface area contributed by atoms with Crippen LogP contribution in [0.5, 0.6) is 0 Å². The number of benzene rings is 1. The van der Waals surface area contributed by atoms with Gasteiger partial charge in [0.15, 0.2) is 11.5 Å². The van der Waals surface area contributed by atoms with E-state index in [0.717, 1.165) is 16.7 Å². The van der Waals surface area contributed by atoms with Crippen LogP contribution >= 0.6 is 0 Å². The maximum atomic E-state index is 13.1. The first-order chi connectivity index (χ1) is 10.9. The van der Waals surface area contributed by atoms with E-state index in [1.165, 1.54) is 24.4 Å². The number of fused-ring (bicyclic) bond motifs is 4. The number of hydrogen-bond acceptors (Lipinski definition) is 4. The molecular weight excluding hydrogens is 311 g/mol. The average molecular weight is 317 g/mol. The summed E-state index contributed by atoms with van der Waals surface area (Å²) in [6.45, 7) is 0. The molecule has 2 aromatic heterocycles. The molecule has 4 rings (SSSR count). The Kier molecular flexibility index (Phi) is 2.52. The van der Waals surface area contributed by atoms with Crippen molar-refractivity contribution >= 4 is 16.8 Å². The molecule has 0 saturated heterocycles. The second-order valence-corrected chi connectivity index (χ2v) is 4.98. The van der Waals surface area contributed by atoms with Gasteiger partial charge in [0.05, 0.1) is 22.2 Å². The van der Waals surface area contributed by atoms with Crippen molar-refractivity contribution < 1.29 is 18.0 Å². The van der Waals surface area contributed by atoms with E-state index in [9.17, 15) is 22.8 Å². The molecule has 0 amide bonds. The number of halogens is 3. The van der Waals surface area contributed by atoms with E-state index in [1.807, 2.05) is 0 Å². The Bertz CT molecular complexity index is 1050. The molecule has 0 spiro atoms. The van der Waals surface area contributed by atoms with Gasteiger partial charge in [-0.1, -0.05) is 6.07 Å². The lowest BCUT2D eigenvalue weighted by atomic mass is 10.0. The van der Waals surface area contributed by atoms with Gasteiger partial charge in [-0.2, -0.15) is 13.2 Å². The number of ketones is 1. The molecule has 5 nitrogen and oxygen atoms in total. The van der Waals surface area contributed by atoms with Crippen LogP contribution in [0.4, 0.5) is 13.2 Å². The van der Waals surface area contributed by atoms with Crippen LogP contribution in [0.3, 0.4) is 0 Å². The van der Waals surface area contributed by atoms with Crippen molar-refractivity contribution in [2.24, 2.45) is 0 Å². The minimum atomic E-state index is -4.70. The number of hydrogen-bond donors (Lipinski definition) is 0. The summed E-state index contributed by atoms with van der Waals surface area (Å²) in [5.41, 5.74) is -2.34. The maximum Gasteiger partial charge on any atom is 0.417 e. The molecule has 0 bridgehead atoms. The summed E-state index contributed by atoms with van der Waals surface area (Å²) < 4.78 is 40.4. The van der Waals surface area contributed by atoms with Gasteiger partial charge in [-0.25, -0.2) is 9.97 Å². The summed E-state index contributed by atoms with van der Waals surface area (Å²) >= 11 is 0. The molecule has 114 valence electrons. The molecule has 0 radical (unpaired) electrons. The van der Waals surface area contributed by atoms with E-state index < -0.39 is 28.6 Å². The molecule has 0 N–H and O–H groups in total. The smallest absolute Gasteiger partial charge is 0.285 e. The highest BCUT2D eigenvalue weighted by atomic mass is 19.4. The molecule has 1 aromatic carbocycles. The van der Waals surface area contributed by atoms with Crippen molar-refractivity contribution in [2.75, 3.05) is 0 Å². The first kappa shape index (κ1) is 13.6. The zero-order valence-electron chi connectivity index (χ0n) is 11.3. The minimum Gasteiger partial charge on any atom is -0.285 e. The fraction of sp³-hybridized carbons (Fsp3) is 0.0667. The Balaban J connectivity index is 2.15. The lowest BCUT2D eigenvalue weighted by Gasteiger charge is -2.10. The fourth-order valence-corrected chi connectivity index (χ4v) is 2.71. The summed E-state index contributed by atoms with van der Waals surface area (Å²) in [6.07, 6.45) is -3.32. The molecule has 0 saturated carbocycles. The van der Waals surface area contributed by atoms with Crippen LogP contribution in [-0.2, 0) is 6.18 Å². The van der Waals surface area contributed by atoms with E-state index in [0.29, 0.717) is 0 Å². The first-order valence-corrected chi connectivity index (χ1v) is 6.52. The highest BCUT2D eigenvalue weighted by Gasteiger charge is 2.41. The maximum absolute atomic E-state index is 13.1. The van der Waals surface area contributed by atoms with Crippen molar-refractivity contribution in [3.05, 3.63) is 63.8 Å². The van der Waals surface area contributed by atoms with Crippen LogP contribution in [0.1, 0.15) is 21.7 Å². The number of pyridine rings is 1. The molecule has 3 aromatic rings. The van der Waals surface area contributed by atoms with E-state index in [1.54, 1.807) is 0 Å². The third-order valence-corrected chi connectivity index (χ3v) is 3.66. The topological polar surface area (TPSA) is 64.8 Å². The fourth-order valence-electron chi connectivity index (χ4n) is 2.71. The molecule has 0 fully saturated rings. The van der Waals surface area contributed by atoms with Crippen molar-refractivity contribution in [1.29, 1.82) is 0 Å². The SMILES string of the molecule is O=C1c2c(cccc2C(F)(F)F)-n2c1nc1ncccc1c2=O. The van der Waals surface area contributed by atoms with Crippen LogP contribution in [0.25, 0.3) is 16.7 Å². The minimum absolute atomic E-state index is 0.0264. The molecule has 1 aliphatic rings. The molecular formula is C15H6F3N3O2. The van der Waals surface area contributed by atoms with Crippen LogP contribution < -0.4 is 5.56 Å². The number of carbonyl (C=O) groups excluding carboxylic acids is 1. The zero-order valence-corrected chi connectivity index (χ0v) is 11.3. The number of carbonyl (C=O) groups is 1. The summed E-state index contributed by atoms with van der Waals surface area (Å²) in [4.78, 5) is 32.8. The number of rotatable bonds is 0. The predicted molar refractivity (Wildman–Crippen MR) is 73.6 cm³/mol. The number of aromatic nitrogens is 3. The van der Waals surface area contributed by atoms with Crippen LogP contribution in [0.15, 0.2) is 41.3 Å². The lowest BCUT2D eigenvalue weighted by molar-refractivity contribution is -0.137. The second-order valence-electron chi connectivity index (χ2n) is 4.98. The Morgan fingerprint density at radius 2 is 1.83 bits per heavy atom. The summed E-state index contributed by atoms with van der Waals surface area (Å²) in [5, 5.41) is 0.134. The van der Waals surface area contributed by atoms with Gasteiger partial charge in [-0.15, -0.1) is 0 Å². The largest absolute Gasteiger partial charge is 0.417 e. The molecule has 23 heavy (non-hydrogen) atoms. The Morgan fingerprint density at radius 1 is 1.04 bits per heavy atom. The average Bonchev–Trinajstić information content (AvgIpc) is 2.80. The Morgan fingerprint density at radius 3 is 2.57 bits per heavy atom. The predicted octanol–water partition coefficient (Wildman–Crippen LogP) is 2.34. The Hall–Kier alpha value is -3.03.